The van der Waals surface area contributed by atoms with Crippen LogP contribution >= 0.6 is 11.6 Å². The summed E-state index contributed by atoms with van der Waals surface area (Å²) in [5.74, 6) is 0.0839. The first-order valence-corrected chi connectivity index (χ1v) is 7.84. The van der Waals surface area contributed by atoms with Gasteiger partial charge in [0.05, 0.1) is 16.8 Å². The molecule has 0 aliphatic heterocycles. The van der Waals surface area contributed by atoms with E-state index in [0.29, 0.717) is 22.1 Å². The van der Waals surface area contributed by atoms with Crippen molar-refractivity contribution >= 4 is 28.9 Å². The number of ketones is 1. The molecule has 3 rings (SSSR count). The molecule has 0 spiro atoms. The van der Waals surface area contributed by atoms with Crippen LogP contribution in [-0.4, -0.2) is 20.7 Å². The number of benzene rings is 1. The van der Waals surface area contributed by atoms with Gasteiger partial charge in [-0.25, -0.2) is 14.4 Å². The number of hydrogen-bond donors (Lipinski definition) is 1. The van der Waals surface area contributed by atoms with Gasteiger partial charge in [0.25, 0.3) is 0 Å². The van der Waals surface area contributed by atoms with Crippen molar-refractivity contribution in [3.63, 3.8) is 0 Å². The number of pyridine rings is 1. The fraction of sp³-hybridized carbons (Fsp3) is 0.111. The van der Waals surface area contributed by atoms with Crippen LogP contribution in [0.25, 0.3) is 11.4 Å². The van der Waals surface area contributed by atoms with Gasteiger partial charge in [-0.15, -0.1) is 0 Å². The fourth-order valence-corrected chi connectivity index (χ4v) is 2.45. The summed E-state index contributed by atoms with van der Waals surface area (Å²) in [7, 11) is 0. The number of nitrogens with zero attached hydrogens (tertiary/aromatic N) is 3. The van der Waals surface area contributed by atoms with Crippen LogP contribution in [0, 0.1) is 12.7 Å². The highest BCUT2D eigenvalue weighted by molar-refractivity contribution is 6.30. The number of anilines is 2. The van der Waals surface area contributed by atoms with E-state index in [1.54, 1.807) is 18.5 Å². The summed E-state index contributed by atoms with van der Waals surface area (Å²) >= 11 is 5.94. The van der Waals surface area contributed by atoms with Crippen LogP contribution in [0.5, 0.6) is 0 Å². The molecule has 3 aromatic rings. The summed E-state index contributed by atoms with van der Waals surface area (Å²) < 4.78 is 14.1. The lowest BCUT2D eigenvalue weighted by molar-refractivity contribution is 0.101. The molecule has 0 aliphatic rings. The number of carbonyl (C=O) groups is 1. The smallest absolute Gasteiger partial charge is 0.164 e. The average Bonchev–Trinajstić information content (AvgIpc) is 2.59. The number of Topliss-reactive ketones (excluding diaryl/α,β-unsaturated/α-hetero) is 1. The molecule has 1 aromatic carbocycles. The Morgan fingerprint density at radius 2 is 2.04 bits per heavy atom. The van der Waals surface area contributed by atoms with E-state index in [1.165, 1.54) is 31.3 Å². The maximum absolute atomic E-state index is 14.1. The number of halogens is 2. The lowest BCUT2D eigenvalue weighted by Gasteiger charge is -2.12. The highest BCUT2D eigenvalue weighted by Crippen LogP contribution is 2.27. The van der Waals surface area contributed by atoms with E-state index in [9.17, 15) is 9.18 Å². The largest absolute Gasteiger partial charge is 0.339 e. The Bertz CT molecular complexity index is 962. The van der Waals surface area contributed by atoms with Crippen molar-refractivity contribution in [1.29, 1.82) is 0 Å². The third-order valence-electron chi connectivity index (χ3n) is 3.59. The summed E-state index contributed by atoms with van der Waals surface area (Å²) in [6.45, 7) is 3.27. The summed E-state index contributed by atoms with van der Waals surface area (Å²) in [6, 6.07) is 5.88. The predicted molar refractivity (Wildman–Crippen MR) is 94.7 cm³/mol. The van der Waals surface area contributed by atoms with Gasteiger partial charge in [-0.2, -0.15) is 0 Å². The number of nitrogens with one attached hydrogen (secondary N) is 1. The molecule has 126 valence electrons. The topological polar surface area (TPSA) is 67.8 Å². The van der Waals surface area contributed by atoms with E-state index in [4.69, 9.17) is 11.6 Å². The molecule has 0 bridgehead atoms. The molecule has 0 unspecified atom stereocenters. The van der Waals surface area contributed by atoms with E-state index in [-0.39, 0.29) is 17.2 Å². The molecule has 0 atom stereocenters. The maximum atomic E-state index is 14.1. The number of aryl methyl sites for hydroxylation is 1. The van der Waals surface area contributed by atoms with E-state index in [2.05, 4.69) is 20.3 Å². The van der Waals surface area contributed by atoms with E-state index in [1.807, 2.05) is 6.92 Å². The van der Waals surface area contributed by atoms with Gasteiger partial charge >= 0.3 is 0 Å². The van der Waals surface area contributed by atoms with Crippen molar-refractivity contribution < 1.29 is 9.18 Å². The Morgan fingerprint density at radius 3 is 2.80 bits per heavy atom. The lowest BCUT2D eigenvalue weighted by atomic mass is 10.1. The van der Waals surface area contributed by atoms with Crippen LogP contribution in [0.3, 0.4) is 0 Å². The Morgan fingerprint density at radius 1 is 1.24 bits per heavy atom. The molecule has 0 amide bonds. The second-order valence-electron chi connectivity index (χ2n) is 5.45. The number of aromatic nitrogens is 3. The van der Waals surface area contributed by atoms with Gasteiger partial charge in [0.1, 0.15) is 11.6 Å². The van der Waals surface area contributed by atoms with Crippen molar-refractivity contribution in [2.45, 2.75) is 13.8 Å². The molecule has 0 aliphatic carbocycles. The SMILES string of the molecule is CC(=O)c1cnccc1Nc1nc(-c2cc(Cl)ccc2F)ncc1C. The van der Waals surface area contributed by atoms with Crippen LogP contribution in [0.4, 0.5) is 15.9 Å². The second kappa shape index (κ2) is 6.94. The number of carbonyl (C=O) groups excluding carboxylic acids is 1. The Kier molecular flexibility index (Phi) is 4.72. The minimum absolute atomic E-state index is 0.122. The average molecular weight is 357 g/mol. The van der Waals surface area contributed by atoms with Crippen LogP contribution in [-0.2, 0) is 0 Å². The maximum Gasteiger partial charge on any atom is 0.164 e. The molecule has 0 fully saturated rings. The van der Waals surface area contributed by atoms with Crippen LogP contribution in [0.2, 0.25) is 5.02 Å². The Labute approximate surface area is 148 Å². The van der Waals surface area contributed by atoms with Crippen LogP contribution in [0.1, 0.15) is 22.8 Å². The van der Waals surface area contributed by atoms with Gasteiger partial charge in [0.15, 0.2) is 11.6 Å². The van der Waals surface area contributed by atoms with Crippen molar-refractivity contribution in [3.05, 3.63) is 64.8 Å². The summed E-state index contributed by atoms with van der Waals surface area (Å²) in [6.07, 6.45) is 4.64. The molecule has 2 heterocycles. The molecule has 0 radical (unpaired) electrons. The zero-order valence-corrected chi connectivity index (χ0v) is 14.3. The Hall–Kier alpha value is -2.86. The highest BCUT2D eigenvalue weighted by Gasteiger charge is 2.13. The first-order chi connectivity index (χ1) is 12.0. The van der Waals surface area contributed by atoms with Crippen molar-refractivity contribution in [3.8, 4) is 11.4 Å². The Balaban J connectivity index is 2.04. The van der Waals surface area contributed by atoms with E-state index >= 15 is 0 Å². The third kappa shape index (κ3) is 3.64. The first-order valence-electron chi connectivity index (χ1n) is 7.46. The molecule has 0 saturated carbocycles. The van der Waals surface area contributed by atoms with Crippen molar-refractivity contribution in [2.24, 2.45) is 0 Å². The molecule has 0 saturated heterocycles. The van der Waals surface area contributed by atoms with Crippen LogP contribution < -0.4 is 5.32 Å². The lowest BCUT2D eigenvalue weighted by Crippen LogP contribution is -2.05. The molecule has 2 aromatic heterocycles. The van der Waals surface area contributed by atoms with Gasteiger partial charge in [-0.05, 0) is 38.1 Å². The van der Waals surface area contributed by atoms with Gasteiger partial charge in [0, 0.05) is 29.2 Å². The molecule has 1 N–H and O–H groups in total. The fourth-order valence-electron chi connectivity index (χ4n) is 2.28. The normalized spacial score (nSPS) is 10.6. The monoisotopic (exact) mass is 356 g/mol. The predicted octanol–water partition coefficient (Wildman–Crippen LogP) is 4.59. The van der Waals surface area contributed by atoms with Crippen LogP contribution in [0.15, 0.2) is 42.9 Å². The molecular formula is C18H14ClFN4O. The van der Waals surface area contributed by atoms with Gasteiger partial charge in [-0.1, -0.05) is 11.6 Å². The zero-order chi connectivity index (χ0) is 18.0. The summed E-state index contributed by atoms with van der Waals surface area (Å²) in [5.41, 5.74) is 1.97. The van der Waals surface area contributed by atoms with Gasteiger partial charge in [0.2, 0.25) is 0 Å². The number of rotatable bonds is 4. The van der Waals surface area contributed by atoms with Gasteiger partial charge < -0.3 is 5.32 Å². The van der Waals surface area contributed by atoms with E-state index < -0.39 is 5.82 Å². The van der Waals surface area contributed by atoms with Crippen molar-refractivity contribution in [1.82, 2.24) is 15.0 Å². The summed E-state index contributed by atoms with van der Waals surface area (Å²) in [5, 5.41) is 3.49. The zero-order valence-electron chi connectivity index (χ0n) is 13.5. The molecule has 7 heteroatoms. The minimum atomic E-state index is -0.465. The quantitative estimate of drug-likeness (QED) is 0.693. The standard InChI is InChI=1S/C18H14ClFN4O/c1-10-8-22-18(13-7-12(19)3-4-15(13)20)24-17(10)23-16-5-6-21-9-14(16)11(2)25/h3-9H,1-2H3,(H,21,22,23,24). The van der Waals surface area contributed by atoms with Crippen molar-refractivity contribution in [2.75, 3.05) is 5.32 Å². The molecule has 25 heavy (non-hydrogen) atoms. The molecule has 5 nitrogen and oxygen atoms in total. The first kappa shape index (κ1) is 17.0. The number of hydrogen-bond acceptors (Lipinski definition) is 5. The molecular weight excluding hydrogens is 343 g/mol. The third-order valence-corrected chi connectivity index (χ3v) is 3.83. The highest BCUT2D eigenvalue weighted by atomic mass is 35.5. The second-order valence-corrected chi connectivity index (χ2v) is 5.89. The summed E-state index contributed by atoms with van der Waals surface area (Å²) in [4.78, 5) is 24.3. The van der Waals surface area contributed by atoms with Gasteiger partial charge in [-0.3, -0.25) is 9.78 Å². The van der Waals surface area contributed by atoms with E-state index in [0.717, 1.165) is 5.56 Å². The minimum Gasteiger partial charge on any atom is -0.339 e.